The second-order valence-electron chi connectivity index (χ2n) is 8.16. The number of Topliss-reactive ketones (excluding diaryl/α,β-unsaturated/α-hetero) is 1. The minimum atomic E-state index is -1.12. The lowest BCUT2D eigenvalue weighted by molar-refractivity contribution is -0.282. The Kier molecular flexibility index (Phi) is 9.76. The molecule has 164 valence electrons. The highest BCUT2D eigenvalue weighted by molar-refractivity contribution is 5.81. The Balaban J connectivity index is 1.63. The minimum absolute atomic E-state index is 0.106. The van der Waals surface area contributed by atoms with E-state index in [0.717, 1.165) is 19.3 Å². The van der Waals surface area contributed by atoms with Crippen LogP contribution in [-0.4, -0.2) is 83.8 Å². The first-order valence-electron chi connectivity index (χ1n) is 10.3. The molecule has 0 bridgehead atoms. The fourth-order valence-corrected chi connectivity index (χ4v) is 4.26. The van der Waals surface area contributed by atoms with Crippen molar-refractivity contribution in [1.82, 2.24) is 0 Å². The van der Waals surface area contributed by atoms with Crippen LogP contribution in [0.3, 0.4) is 0 Å². The number of hydrogen-bond donors (Lipinski definition) is 4. The summed E-state index contributed by atoms with van der Waals surface area (Å²) in [6.45, 7) is 2.28. The lowest BCUT2D eigenvalue weighted by atomic mass is 9.90. The highest BCUT2D eigenvalue weighted by Gasteiger charge is 2.42. The fourth-order valence-electron chi connectivity index (χ4n) is 4.26. The lowest BCUT2D eigenvalue weighted by Gasteiger charge is -2.40. The molecule has 1 saturated carbocycles. The van der Waals surface area contributed by atoms with Gasteiger partial charge < -0.3 is 34.6 Å². The predicted octanol–water partition coefficient (Wildman–Crippen LogP) is 0.241. The van der Waals surface area contributed by atoms with Crippen molar-refractivity contribution in [3.05, 3.63) is 0 Å². The zero-order valence-electron chi connectivity index (χ0n) is 16.9. The number of hydrogen-bond acceptors (Lipinski definition) is 8. The van der Waals surface area contributed by atoms with Crippen molar-refractivity contribution in [2.75, 3.05) is 26.9 Å². The Morgan fingerprint density at radius 2 is 1.86 bits per heavy atom. The molecule has 2 fully saturated rings. The molecule has 8 heteroatoms. The van der Waals surface area contributed by atoms with Crippen molar-refractivity contribution in [2.45, 2.75) is 76.2 Å². The summed E-state index contributed by atoms with van der Waals surface area (Å²) in [6.07, 6.45) is -0.0683. The molecule has 4 N–H and O–H groups in total. The summed E-state index contributed by atoms with van der Waals surface area (Å²) in [7, 11) is 1.62. The molecule has 8 atom stereocenters. The highest BCUT2D eigenvalue weighted by atomic mass is 16.7. The number of aliphatic hydroxyl groups excluding tert-OH is 4. The minimum Gasteiger partial charge on any atom is -0.394 e. The Morgan fingerprint density at radius 3 is 2.54 bits per heavy atom. The standard InChI is InChI=1S/C20H36O8/c1-12-18(24)19(25)17(10-21)28-20(12)27-7-5-3-4-6-16(23)15-9-14(22)8-13(15)11-26-2/h12-15,17-22,24-25H,3-11H2,1-2H3/t12?,13-,14+,15?,17?,18+,19-,20+/m0/s1. The van der Waals surface area contributed by atoms with Gasteiger partial charge in [-0.15, -0.1) is 0 Å². The Labute approximate surface area is 166 Å². The van der Waals surface area contributed by atoms with E-state index in [1.54, 1.807) is 14.0 Å². The maximum Gasteiger partial charge on any atom is 0.163 e. The maximum atomic E-state index is 12.4. The molecule has 0 spiro atoms. The van der Waals surface area contributed by atoms with Crippen LogP contribution >= 0.6 is 0 Å². The molecule has 1 aliphatic carbocycles. The molecular weight excluding hydrogens is 368 g/mol. The van der Waals surface area contributed by atoms with Crippen LogP contribution in [0.15, 0.2) is 0 Å². The van der Waals surface area contributed by atoms with E-state index in [9.17, 15) is 25.2 Å². The van der Waals surface area contributed by atoms with E-state index in [4.69, 9.17) is 14.2 Å². The first-order chi connectivity index (χ1) is 13.4. The molecule has 1 saturated heterocycles. The zero-order valence-corrected chi connectivity index (χ0v) is 16.9. The SMILES string of the molecule is COC[C@@H]1C[C@@H](O)CC1C(=O)CCCCCO[C@@H]1OC(CO)[C@H](O)[C@H](O)C1C. The smallest absolute Gasteiger partial charge is 0.163 e. The van der Waals surface area contributed by atoms with Gasteiger partial charge in [-0.2, -0.15) is 0 Å². The van der Waals surface area contributed by atoms with Crippen LogP contribution < -0.4 is 0 Å². The van der Waals surface area contributed by atoms with Crippen molar-refractivity contribution in [2.24, 2.45) is 17.8 Å². The molecule has 1 heterocycles. The zero-order chi connectivity index (χ0) is 20.7. The van der Waals surface area contributed by atoms with Gasteiger partial charge in [-0.05, 0) is 31.6 Å². The Morgan fingerprint density at radius 1 is 1.11 bits per heavy atom. The van der Waals surface area contributed by atoms with E-state index in [-0.39, 0.29) is 24.2 Å². The summed E-state index contributed by atoms with van der Waals surface area (Å²) in [5.41, 5.74) is 0. The normalized spacial score (nSPS) is 38.6. The van der Waals surface area contributed by atoms with Gasteiger partial charge in [0.2, 0.25) is 0 Å². The summed E-state index contributed by atoms with van der Waals surface area (Å²) in [5.74, 6) is -0.189. The number of methoxy groups -OCH3 is 1. The first-order valence-corrected chi connectivity index (χ1v) is 10.3. The summed E-state index contributed by atoms with van der Waals surface area (Å²) in [5, 5.41) is 38.9. The lowest BCUT2D eigenvalue weighted by Crippen LogP contribution is -2.55. The maximum absolute atomic E-state index is 12.4. The van der Waals surface area contributed by atoms with Crippen LogP contribution in [0.2, 0.25) is 0 Å². The molecule has 0 radical (unpaired) electrons. The molecule has 3 unspecified atom stereocenters. The van der Waals surface area contributed by atoms with Gasteiger partial charge in [-0.3, -0.25) is 4.79 Å². The van der Waals surface area contributed by atoms with Gasteiger partial charge in [0.15, 0.2) is 6.29 Å². The van der Waals surface area contributed by atoms with Crippen molar-refractivity contribution >= 4 is 5.78 Å². The van der Waals surface area contributed by atoms with Crippen LogP contribution in [0.4, 0.5) is 0 Å². The van der Waals surface area contributed by atoms with E-state index in [2.05, 4.69) is 0 Å². The molecule has 2 rings (SSSR count). The van der Waals surface area contributed by atoms with E-state index in [1.807, 2.05) is 0 Å². The van der Waals surface area contributed by atoms with E-state index >= 15 is 0 Å². The first kappa shape index (κ1) is 23.7. The summed E-state index contributed by atoms with van der Waals surface area (Å²) in [6, 6.07) is 0. The third kappa shape index (κ3) is 6.19. The average molecular weight is 405 g/mol. The molecule has 0 aromatic rings. The highest BCUT2D eigenvalue weighted by Crippen LogP contribution is 2.34. The molecule has 0 amide bonds. The van der Waals surface area contributed by atoms with Crippen LogP contribution in [0.5, 0.6) is 0 Å². The predicted molar refractivity (Wildman–Crippen MR) is 100 cm³/mol. The van der Waals surface area contributed by atoms with Crippen molar-refractivity contribution in [1.29, 1.82) is 0 Å². The molecule has 8 nitrogen and oxygen atoms in total. The van der Waals surface area contributed by atoms with Gasteiger partial charge in [0.05, 0.1) is 18.8 Å². The van der Waals surface area contributed by atoms with Crippen LogP contribution in [0.1, 0.15) is 45.4 Å². The van der Waals surface area contributed by atoms with Crippen molar-refractivity contribution in [3.8, 4) is 0 Å². The average Bonchev–Trinajstić information content (AvgIpc) is 3.04. The van der Waals surface area contributed by atoms with E-state index in [1.165, 1.54) is 0 Å². The number of ketones is 1. The third-order valence-corrected chi connectivity index (χ3v) is 6.00. The second-order valence-corrected chi connectivity index (χ2v) is 8.16. The number of carbonyl (C=O) groups excluding carboxylic acids is 1. The van der Waals surface area contributed by atoms with E-state index in [0.29, 0.717) is 32.5 Å². The molecule has 28 heavy (non-hydrogen) atoms. The summed E-state index contributed by atoms with van der Waals surface area (Å²) in [4.78, 5) is 12.4. The van der Waals surface area contributed by atoms with E-state index < -0.39 is 36.6 Å². The fraction of sp³-hybridized carbons (Fsp3) is 0.950. The van der Waals surface area contributed by atoms with Gasteiger partial charge in [0.1, 0.15) is 18.0 Å². The Bertz CT molecular complexity index is 471. The molecule has 0 aromatic heterocycles. The van der Waals surface area contributed by atoms with Gasteiger partial charge >= 0.3 is 0 Å². The van der Waals surface area contributed by atoms with Crippen LogP contribution in [0, 0.1) is 17.8 Å². The van der Waals surface area contributed by atoms with Crippen molar-refractivity contribution in [3.63, 3.8) is 0 Å². The third-order valence-electron chi connectivity index (χ3n) is 6.00. The quantitative estimate of drug-likeness (QED) is 0.361. The largest absolute Gasteiger partial charge is 0.394 e. The topological polar surface area (TPSA) is 126 Å². The number of carbonyl (C=O) groups is 1. The van der Waals surface area contributed by atoms with Gasteiger partial charge in [-0.25, -0.2) is 0 Å². The monoisotopic (exact) mass is 404 g/mol. The number of unbranched alkanes of at least 4 members (excludes halogenated alkanes) is 2. The van der Waals surface area contributed by atoms with Gasteiger partial charge in [0.25, 0.3) is 0 Å². The van der Waals surface area contributed by atoms with Crippen molar-refractivity contribution < 1.29 is 39.4 Å². The van der Waals surface area contributed by atoms with Crippen LogP contribution in [0.25, 0.3) is 0 Å². The summed E-state index contributed by atoms with van der Waals surface area (Å²) < 4.78 is 16.4. The molecule has 1 aliphatic heterocycles. The number of ether oxygens (including phenoxy) is 3. The van der Waals surface area contributed by atoms with Gasteiger partial charge in [-0.1, -0.05) is 13.3 Å². The number of rotatable bonds is 11. The van der Waals surface area contributed by atoms with Crippen LogP contribution in [-0.2, 0) is 19.0 Å². The summed E-state index contributed by atoms with van der Waals surface area (Å²) >= 11 is 0. The molecule has 2 aliphatic rings. The molecular formula is C20H36O8. The molecule has 0 aromatic carbocycles. The number of aliphatic hydroxyl groups is 4. The second kappa shape index (κ2) is 11.5. The Hall–Kier alpha value is -0.610. The van der Waals surface area contributed by atoms with Gasteiger partial charge in [0, 0.05) is 38.6 Å².